The van der Waals surface area contributed by atoms with Crippen LogP contribution in [0.2, 0.25) is 0 Å². The number of hydrogen-bond donors (Lipinski definition) is 4. The molecular formula is C11H24N4O2. The molecule has 0 aliphatic rings. The van der Waals surface area contributed by atoms with Crippen LogP contribution in [0.25, 0.3) is 0 Å². The zero-order chi connectivity index (χ0) is 13.3. The van der Waals surface area contributed by atoms with E-state index in [1.807, 2.05) is 0 Å². The van der Waals surface area contributed by atoms with E-state index in [4.69, 9.17) is 22.3 Å². The number of carboxylic acids is 1. The first-order valence-corrected chi connectivity index (χ1v) is 5.97. The maximum atomic E-state index is 10.5. The number of aliphatic imine (C=N–C) groups is 1. The van der Waals surface area contributed by atoms with E-state index in [1.54, 1.807) is 0 Å². The van der Waals surface area contributed by atoms with Crippen molar-refractivity contribution in [2.75, 3.05) is 6.54 Å². The third-order valence-corrected chi connectivity index (χ3v) is 2.68. The summed E-state index contributed by atoms with van der Waals surface area (Å²) >= 11 is 0. The average Bonchev–Trinajstić information content (AvgIpc) is 2.23. The zero-order valence-corrected chi connectivity index (χ0v) is 10.4. The number of rotatable bonds is 9. The van der Waals surface area contributed by atoms with Gasteiger partial charge in [0.05, 0.1) is 0 Å². The molecule has 0 aliphatic carbocycles. The van der Waals surface area contributed by atoms with Crippen molar-refractivity contribution in [3.8, 4) is 0 Å². The van der Waals surface area contributed by atoms with Crippen LogP contribution < -0.4 is 17.2 Å². The highest BCUT2D eigenvalue weighted by molar-refractivity contribution is 5.75. The molecule has 2 unspecified atom stereocenters. The molecule has 0 aliphatic heterocycles. The van der Waals surface area contributed by atoms with Crippen LogP contribution in [0.1, 0.15) is 39.0 Å². The molecule has 0 saturated heterocycles. The van der Waals surface area contributed by atoms with Gasteiger partial charge in [-0.1, -0.05) is 19.8 Å². The Balaban J connectivity index is 3.50. The van der Waals surface area contributed by atoms with Gasteiger partial charge in [-0.05, 0) is 25.2 Å². The predicted molar refractivity (Wildman–Crippen MR) is 68.5 cm³/mol. The number of nitrogens with two attached hydrogens (primary N) is 3. The molecule has 6 heteroatoms. The summed E-state index contributed by atoms with van der Waals surface area (Å²) in [6.07, 6.45) is 4.36. The van der Waals surface area contributed by atoms with Crippen molar-refractivity contribution in [3.05, 3.63) is 0 Å². The molecule has 0 aromatic carbocycles. The number of guanidine groups is 1. The third-order valence-electron chi connectivity index (χ3n) is 2.68. The van der Waals surface area contributed by atoms with Crippen molar-refractivity contribution < 1.29 is 9.90 Å². The molecule has 0 amide bonds. The van der Waals surface area contributed by atoms with Crippen LogP contribution in [0.5, 0.6) is 0 Å². The van der Waals surface area contributed by atoms with Crippen LogP contribution in [0.3, 0.4) is 0 Å². The Morgan fingerprint density at radius 2 is 1.82 bits per heavy atom. The van der Waals surface area contributed by atoms with E-state index in [-0.39, 0.29) is 5.96 Å². The van der Waals surface area contributed by atoms with Gasteiger partial charge in [0.15, 0.2) is 5.96 Å². The largest absolute Gasteiger partial charge is 0.480 e. The number of carbonyl (C=O) groups is 1. The highest BCUT2D eigenvalue weighted by Gasteiger charge is 2.11. The van der Waals surface area contributed by atoms with Crippen molar-refractivity contribution in [2.45, 2.75) is 45.1 Å². The molecule has 0 rings (SSSR count). The summed E-state index contributed by atoms with van der Waals surface area (Å²) < 4.78 is 0. The fourth-order valence-corrected chi connectivity index (χ4v) is 1.60. The van der Waals surface area contributed by atoms with E-state index < -0.39 is 12.0 Å². The third kappa shape index (κ3) is 9.62. The van der Waals surface area contributed by atoms with E-state index in [2.05, 4.69) is 11.9 Å². The van der Waals surface area contributed by atoms with Gasteiger partial charge in [0.1, 0.15) is 6.04 Å². The lowest BCUT2D eigenvalue weighted by Crippen LogP contribution is -2.29. The normalized spacial score (nSPS) is 14.0. The summed E-state index contributed by atoms with van der Waals surface area (Å²) in [5.41, 5.74) is 15.8. The van der Waals surface area contributed by atoms with Crippen molar-refractivity contribution in [3.63, 3.8) is 0 Å². The van der Waals surface area contributed by atoms with Crippen molar-refractivity contribution >= 4 is 11.9 Å². The van der Waals surface area contributed by atoms with Crippen LogP contribution in [0.15, 0.2) is 4.99 Å². The van der Waals surface area contributed by atoms with Gasteiger partial charge in [-0.15, -0.1) is 0 Å². The SMILES string of the molecule is CC(CCCN=C(N)N)CCCC(N)C(=O)O. The number of hydrogen-bond acceptors (Lipinski definition) is 3. The second kappa shape index (κ2) is 8.81. The monoisotopic (exact) mass is 244 g/mol. The van der Waals surface area contributed by atoms with Gasteiger partial charge in [-0.25, -0.2) is 0 Å². The smallest absolute Gasteiger partial charge is 0.320 e. The topological polar surface area (TPSA) is 128 Å². The van der Waals surface area contributed by atoms with E-state index in [9.17, 15) is 4.79 Å². The Bertz CT molecular complexity index is 252. The van der Waals surface area contributed by atoms with Crippen LogP contribution in [-0.2, 0) is 4.79 Å². The second-order valence-corrected chi connectivity index (χ2v) is 4.43. The molecule has 0 fully saturated rings. The standard InChI is InChI=1S/C11H24N4O2/c1-8(5-3-7-15-11(13)14)4-2-6-9(12)10(16)17/h8-9H,2-7,12H2,1H3,(H,16,17)(H4,13,14,15). The predicted octanol–water partition coefficient (Wildman–Crippen LogP) is 0.258. The van der Waals surface area contributed by atoms with E-state index >= 15 is 0 Å². The molecule has 100 valence electrons. The first-order chi connectivity index (χ1) is 7.93. The maximum absolute atomic E-state index is 10.5. The van der Waals surface area contributed by atoms with Gasteiger partial charge in [0, 0.05) is 6.54 Å². The molecule has 0 heterocycles. The van der Waals surface area contributed by atoms with Gasteiger partial charge in [0.25, 0.3) is 0 Å². The maximum Gasteiger partial charge on any atom is 0.320 e. The first-order valence-electron chi connectivity index (χ1n) is 5.97. The fourth-order valence-electron chi connectivity index (χ4n) is 1.60. The molecule has 7 N–H and O–H groups in total. The molecule has 0 radical (unpaired) electrons. The molecule has 0 aromatic rings. The molecule has 0 saturated carbocycles. The summed E-state index contributed by atoms with van der Waals surface area (Å²) in [6, 6.07) is -0.733. The summed E-state index contributed by atoms with van der Waals surface area (Å²) in [5.74, 6) is -0.249. The minimum Gasteiger partial charge on any atom is -0.480 e. The van der Waals surface area contributed by atoms with Gasteiger partial charge in [-0.2, -0.15) is 0 Å². The molecule has 17 heavy (non-hydrogen) atoms. The summed E-state index contributed by atoms with van der Waals surface area (Å²) in [4.78, 5) is 14.4. The molecule has 0 aromatic heterocycles. The van der Waals surface area contributed by atoms with Crippen LogP contribution in [-0.4, -0.2) is 29.6 Å². The number of carboxylic acid groups (broad SMARTS) is 1. The van der Waals surface area contributed by atoms with Gasteiger partial charge < -0.3 is 22.3 Å². The fraction of sp³-hybridized carbons (Fsp3) is 0.818. The van der Waals surface area contributed by atoms with Crippen LogP contribution in [0.4, 0.5) is 0 Å². The summed E-state index contributed by atoms with van der Waals surface area (Å²) in [7, 11) is 0. The van der Waals surface area contributed by atoms with E-state index in [1.165, 1.54) is 0 Å². The highest BCUT2D eigenvalue weighted by atomic mass is 16.4. The summed E-state index contributed by atoms with van der Waals surface area (Å²) in [6.45, 7) is 2.79. The Hall–Kier alpha value is -1.30. The Morgan fingerprint density at radius 1 is 1.24 bits per heavy atom. The Kier molecular flexibility index (Phi) is 8.13. The second-order valence-electron chi connectivity index (χ2n) is 4.43. The molecule has 0 spiro atoms. The molecule has 6 nitrogen and oxygen atoms in total. The van der Waals surface area contributed by atoms with Crippen molar-refractivity contribution in [1.29, 1.82) is 0 Å². The van der Waals surface area contributed by atoms with Crippen LogP contribution in [0, 0.1) is 5.92 Å². The van der Waals surface area contributed by atoms with Crippen LogP contribution >= 0.6 is 0 Å². The van der Waals surface area contributed by atoms with Gasteiger partial charge in [0.2, 0.25) is 0 Å². The lowest BCUT2D eigenvalue weighted by molar-refractivity contribution is -0.138. The average molecular weight is 244 g/mol. The van der Waals surface area contributed by atoms with E-state index in [0.717, 1.165) is 25.7 Å². The lowest BCUT2D eigenvalue weighted by atomic mass is 9.97. The van der Waals surface area contributed by atoms with E-state index in [0.29, 0.717) is 18.9 Å². The number of nitrogens with zero attached hydrogens (tertiary/aromatic N) is 1. The highest BCUT2D eigenvalue weighted by Crippen LogP contribution is 2.14. The quantitative estimate of drug-likeness (QED) is 0.263. The zero-order valence-electron chi connectivity index (χ0n) is 10.4. The van der Waals surface area contributed by atoms with Gasteiger partial charge in [-0.3, -0.25) is 9.79 Å². The van der Waals surface area contributed by atoms with Crippen molar-refractivity contribution in [1.82, 2.24) is 0 Å². The molecule has 2 atom stereocenters. The first kappa shape index (κ1) is 15.7. The molecule has 0 bridgehead atoms. The lowest BCUT2D eigenvalue weighted by Gasteiger charge is -2.11. The van der Waals surface area contributed by atoms with Crippen molar-refractivity contribution in [2.24, 2.45) is 28.1 Å². The Labute approximate surface area is 102 Å². The number of aliphatic carboxylic acids is 1. The van der Waals surface area contributed by atoms with Gasteiger partial charge >= 0.3 is 5.97 Å². The minimum atomic E-state index is -0.926. The minimum absolute atomic E-state index is 0.130. The molecular weight excluding hydrogens is 220 g/mol. The Morgan fingerprint density at radius 3 is 2.35 bits per heavy atom. The summed E-state index contributed by atoms with van der Waals surface area (Å²) in [5, 5.41) is 8.61.